The first kappa shape index (κ1) is 89.0. The molecule has 17 rings (SSSR count). The summed E-state index contributed by atoms with van der Waals surface area (Å²) in [6.45, 7) is 5.55. The molecule has 19 N–H and O–H groups in total. The summed E-state index contributed by atoms with van der Waals surface area (Å²) in [5.41, 5.74) is 4.69. The summed E-state index contributed by atoms with van der Waals surface area (Å²) >= 11 is 7.19. The van der Waals surface area contributed by atoms with Crippen molar-refractivity contribution in [1.82, 2.24) is 47.3 Å². The molecule has 5 fully saturated rings. The van der Waals surface area contributed by atoms with E-state index in [1.54, 1.807) is 32.9 Å². The molecule has 6 heterocycles. The normalized spacial score (nSPS) is 27.0. The number of carbonyl (C=O) groups is 8. The van der Waals surface area contributed by atoms with Gasteiger partial charge in [-0.25, -0.2) is 13.1 Å². The van der Waals surface area contributed by atoms with Crippen LogP contribution in [0, 0.1) is 43.4 Å². The Bertz CT molecular complexity index is 5530. The third kappa shape index (κ3) is 19.0. The van der Waals surface area contributed by atoms with Crippen molar-refractivity contribution in [3.63, 3.8) is 0 Å². The summed E-state index contributed by atoms with van der Waals surface area (Å²) in [4.78, 5) is 124. The van der Waals surface area contributed by atoms with Crippen molar-refractivity contribution >= 4 is 79.0 Å². The first-order chi connectivity index (χ1) is 58.9. The van der Waals surface area contributed by atoms with Gasteiger partial charge in [0.2, 0.25) is 59.3 Å². The number of nitrogens with one attached hydrogen (secondary N) is 9. The molecule has 14 atom stereocenters. The number of nitrogens with two attached hydrogens (primary N) is 1. The van der Waals surface area contributed by atoms with Crippen LogP contribution in [0.3, 0.4) is 0 Å². The van der Waals surface area contributed by atoms with Crippen molar-refractivity contribution in [3.8, 4) is 62.9 Å². The number of sulfonamides is 1. The number of aliphatic hydroxyl groups is 5. The Morgan fingerprint density at radius 1 is 0.613 bits per heavy atom. The van der Waals surface area contributed by atoms with E-state index in [-0.39, 0.29) is 86.3 Å². The van der Waals surface area contributed by atoms with E-state index in [1.807, 2.05) is 4.72 Å². The van der Waals surface area contributed by atoms with Crippen molar-refractivity contribution in [1.29, 1.82) is 0 Å². The van der Waals surface area contributed by atoms with Crippen LogP contribution in [0.5, 0.6) is 51.7 Å². The Kier molecular flexibility index (Phi) is 26.2. The van der Waals surface area contributed by atoms with E-state index < -0.39 is 234 Å². The number of benzene rings is 7. The predicted octanol–water partition coefficient (Wildman–Crippen LogP) is 3.46. The van der Waals surface area contributed by atoms with Gasteiger partial charge in [0, 0.05) is 29.8 Å². The van der Waals surface area contributed by atoms with Gasteiger partial charge in [-0.05, 0) is 213 Å². The summed E-state index contributed by atoms with van der Waals surface area (Å²) in [7, 11) is -7.77. The van der Waals surface area contributed by atoms with Crippen LogP contribution in [0.4, 0.5) is 0 Å². The second-order valence-corrected chi connectivity index (χ2v) is 36.4. The number of aryl methyl sites for hydroxylation is 2. The number of hydrogen-bond donors (Lipinski definition) is 18. The average molecular weight is 1770 g/mol. The molecular weight excluding hydrogens is 1680 g/mol. The topological polar surface area (TPSA) is 556 Å². The summed E-state index contributed by atoms with van der Waals surface area (Å²) in [5.74, 6) is -13.9. The first-order valence-electron chi connectivity index (χ1n) is 40.2. The Balaban J connectivity index is 0.907. The molecule has 8 amide bonds. The van der Waals surface area contributed by atoms with Gasteiger partial charge in [0.25, 0.3) is 20.1 Å². The van der Waals surface area contributed by atoms with Crippen LogP contribution in [0.1, 0.15) is 128 Å². The van der Waals surface area contributed by atoms with Gasteiger partial charge in [0.15, 0.2) is 11.5 Å². The fourth-order valence-corrected chi connectivity index (χ4v) is 19.5. The highest BCUT2D eigenvalue weighted by Gasteiger charge is 2.51. The molecule has 36 nitrogen and oxygen atoms in total. The van der Waals surface area contributed by atoms with Crippen LogP contribution in [-0.2, 0) is 67.4 Å². The van der Waals surface area contributed by atoms with E-state index >= 15 is 28.8 Å². The number of phenols is 3. The number of amides is 8. The van der Waals surface area contributed by atoms with Gasteiger partial charge in [0.1, 0.15) is 121 Å². The molecule has 0 unspecified atom stereocenters. The molecule has 15 bridgehead atoms. The van der Waals surface area contributed by atoms with E-state index in [9.17, 15) is 67.3 Å². The molecule has 4 aliphatic carbocycles. The standard InChI is InChI=1S/C85H95ClN10O26S2/c1-37(2)22-55(88-5)78(106)94-70-72(101)43-9-18-59(39(4)23-43)119-61-31-47-32-62(77(61)122-85-76(105)75(104)74(103)63(36-87)121-85)120-60-19-10-44(30-54(60)86)73(102)71-84(112)93-69(82(110)90-66-45-25-40-24-41(27-45)28-46(66)26-40)53-33-48(97)34-58(99)65(53)52-29-42(8-17-57(52)98)67(80(108)95-71)92-81(109)68(47)91-79(107)56(89-83(70)111)35-64(100)96-123(113,114)50-15-11-49(12-16-50)117-20-21-118-124(115,116)51-13-6-38(3)7-14-51/h6-19,23,29-34,37,40-41,45-46,55-56,63,66-76,85,88,97-99,101-105H,20-22,24-28,35-36,87H2,1-5H3,(H,89,111)(H,90,110)(H,91,107)(H,92,109)(H,93,112)(H,94,106)(H,95,108)(H,96,100)/t40?,41?,45?,46?,55-,56+,63-,66?,67-,68-,69+,70-,71+,72-,73-,74-,75+,76-,85+/m1/s1. The number of carbonyl (C=O) groups excluding carboxylic acids is 8. The van der Waals surface area contributed by atoms with Gasteiger partial charge < -0.3 is 113 Å². The maximum absolute atomic E-state index is 16.5. The summed E-state index contributed by atoms with van der Waals surface area (Å²) in [6.07, 6.45) is -10.6. The Labute approximate surface area is 716 Å². The van der Waals surface area contributed by atoms with Gasteiger partial charge in [-0.1, -0.05) is 61.3 Å². The van der Waals surface area contributed by atoms with Crippen LogP contribution >= 0.6 is 11.6 Å². The van der Waals surface area contributed by atoms with E-state index in [0.29, 0.717) is 11.8 Å². The number of rotatable bonds is 20. The lowest BCUT2D eigenvalue weighted by Gasteiger charge is -2.54. The number of phenolic OH excluding ortho intramolecular Hbond substituents is 3. The molecule has 660 valence electrons. The molecule has 7 aromatic rings. The van der Waals surface area contributed by atoms with Crippen LogP contribution in [0.25, 0.3) is 11.1 Å². The lowest BCUT2D eigenvalue weighted by Crippen LogP contribution is -2.60. The lowest BCUT2D eigenvalue weighted by molar-refractivity contribution is -0.270. The molecule has 39 heteroatoms. The maximum Gasteiger partial charge on any atom is 0.297 e. The number of aromatic hydroxyl groups is 3. The van der Waals surface area contributed by atoms with Crippen molar-refractivity contribution < 1.29 is 124 Å². The van der Waals surface area contributed by atoms with E-state index in [0.717, 1.165) is 110 Å². The summed E-state index contributed by atoms with van der Waals surface area (Å²) in [6, 6.07) is 10.0. The van der Waals surface area contributed by atoms with E-state index in [1.165, 1.54) is 56.4 Å². The largest absolute Gasteiger partial charge is 0.508 e. The zero-order valence-corrected chi connectivity index (χ0v) is 69.8. The van der Waals surface area contributed by atoms with Crippen molar-refractivity contribution in [2.24, 2.45) is 35.3 Å². The molecule has 7 aromatic carbocycles. The number of aliphatic hydroxyl groups excluding tert-OH is 5. The lowest BCUT2D eigenvalue weighted by atomic mass is 9.54. The fourth-order valence-electron chi connectivity index (χ4n) is 17.4. The highest BCUT2D eigenvalue weighted by molar-refractivity contribution is 7.90. The molecular formula is C85H95ClN10O26S2. The highest BCUT2D eigenvalue weighted by atomic mass is 35.5. The molecule has 0 radical (unpaired) electrons. The van der Waals surface area contributed by atoms with Gasteiger partial charge in [-0.2, -0.15) is 8.42 Å². The predicted molar refractivity (Wildman–Crippen MR) is 438 cm³/mol. The molecule has 4 saturated carbocycles. The van der Waals surface area contributed by atoms with Crippen molar-refractivity contribution in [2.45, 2.75) is 174 Å². The zero-order valence-electron chi connectivity index (χ0n) is 67.4. The minimum absolute atomic E-state index is 0.00487. The smallest absolute Gasteiger partial charge is 0.297 e. The van der Waals surface area contributed by atoms with Crippen LogP contribution < -0.4 is 71.9 Å². The quantitative estimate of drug-likeness (QED) is 0.0384. The fraction of sp³-hybridized carbons (Fsp3) is 0.412. The highest BCUT2D eigenvalue weighted by Crippen LogP contribution is 2.55. The van der Waals surface area contributed by atoms with Crippen LogP contribution in [0.15, 0.2) is 137 Å². The third-order valence-electron chi connectivity index (χ3n) is 23.5. The van der Waals surface area contributed by atoms with Gasteiger partial charge >= 0.3 is 0 Å². The number of halogens is 1. The van der Waals surface area contributed by atoms with Crippen molar-refractivity contribution in [3.05, 3.63) is 171 Å². The number of likely N-dealkylation sites (N-methyl/N-ethyl adjacent to an activating group) is 1. The van der Waals surface area contributed by atoms with Gasteiger partial charge in [-0.3, -0.25) is 42.5 Å². The second kappa shape index (κ2) is 36.5. The minimum atomic E-state index is -5.02. The molecule has 10 aliphatic rings. The average Bonchev–Trinajstić information content (AvgIpc) is 0.755. The molecule has 1 saturated heterocycles. The monoisotopic (exact) mass is 1770 g/mol. The summed E-state index contributed by atoms with van der Waals surface area (Å²) in [5, 5.41) is 116. The number of ether oxygens (including phenoxy) is 5. The first-order valence-corrected chi connectivity index (χ1v) is 43.5. The van der Waals surface area contributed by atoms with Gasteiger partial charge in [0.05, 0.1) is 27.3 Å². The Morgan fingerprint density at radius 3 is 1.88 bits per heavy atom. The number of fused-ring (bicyclic) bond motifs is 15. The van der Waals surface area contributed by atoms with Crippen molar-refractivity contribution in [2.75, 3.05) is 26.8 Å². The van der Waals surface area contributed by atoms with E-state index in [4.69, 9.17) is 45.2 Å². The minimum Gasteiger partial charge on any atom is -0.508 e. The molecule has 0 spiro atoms. The molecule has 124 heavy (non-hydrogen) atoms. The zero-order chi connectivity index (χ0) is 88.8. The van der Waals surface area contributed by atoms with E-state index in [2.05, 4.69) is 42.5 Å². The Hall–Kier alpha value is -11.3. The second-order valence-electron chi connectivity index (χ2n) is 32.7. The number of hydrogen-bond acceptors (Lipinski definition) is 28. The molecule has 0 aromatic heterocycles. The third-order valence-corrected chi connectivity index (χ3v) is 26.5. The SMILES string of the molecule is CN[C@H](CC(C)C)C(=O)N[C@H]1C(=O)N[C@@H](CC(=O)NS(=O)(=O)c2ccc(OCCOS(=O)(=O)c3ccc(C)cc3)cc2)C(=O)N[C@H]2C(=O)N[C@H]3C(=O)N[C@H](C(=O)N[C@H](C(=O)NC4C5CC6CC(C5)CC4C6)c4cc(O)cc(O)c4-c4cc3ccc4O)[C@H](O)c3ccc(c(Cl)c3)Oc3cc2cc(c3O[C@@H]2O[C@H](CN)[C@@H](O)[C@H](O)[C@H]2O)Oc2ccc(cc2C)[C@H]1O. The molecule has 6 aliphatic heterocycles. The van der Waals surface area contributed by atoms with Gasteiger partial charge in [-0.15, -0.1) is 0 Å². The Morgan fingerprint density at radius 2 is 1.23 bits per heavy atom. The summed E-state index contributed by atoms with van der Waals surface area (Å²) < 4.78 is 92.8. The van der Waals surface area contributed by atoms with Crippen LogP contribution in [-0.4, -0.2) is 193 Å². The maximum atomic E-state index is 16.5. The van der Waals surface area contributed by atoms with Crippen LogP contribution in [0.2, 0.25) is 5.02 Å².